The summed E-state index contributed by atoms with van der Waals surface area (Å²) in [5.41, 5.74) is 0.911. The van der Waals surface area contributed by atoms with Crippen molar-refractivity contribution in [1.82, 2.24) is 0 Å². The second-order valence-electron chi connectivity index (χ2n) is 3.52. The molecule has 0 spiro atoms. The van der Waals surface area contributed by atoms with Crippen molar-refractivity contribution in [1.29, 1.82) is 0 Å². The van der Waals surface area contributed by atoms with Crippen LogP contribution in [-0.4, -0.2) is 11.7 Å². The van der Waals surface area contributed by atoms with Gasteiger partial charge in [-0.05, 0) is 37.5 Å². The van der Waals surface area contributed by atoms with Crippen LogP contribution in [0.4, 0.5) is 0 Å². The molecule has 0 bridgehead atoms. The molecular weight excluding hydrogens is 188 g/mol. The molecule has 0 unspecified atom stereocenters. The molecule has 2 heteroatoms. The Morgan fingerprint density at radius 3 is 2.60 bits per heavy atom. The quantitative estimate of drug-likeness (QED) is 0.572. The molecule has 0 saturated heterocycles. The molecule has 1 aromatic carbocycles. The molecule has 0 radical (unpaired) electrons. The lowest BCUT2D eigenvalue weighted by Crippen LogP contribution is -1.97. The highest BCUT2D eigenvalue weighted by atomic mass is 16.5. The molecule has 0 fully saturated rings. The van der Waals surface area contributed by atoms with Gasteiger partial charge in [0.2, 0.25) is 0 Å². The van der Waals surface area contributed by atoms with Crippen LogP contribution in [0, 0.1) is 0 Å². The number of hydrogen-bond acceptors (Lipinski definition) is 2. The fourth-order valence-electron chi connectivity index (χ4n) is 1.26. The predicted octanol–water partition coefficient (Wildman–Crippen LogP) is 3.08. The molecule has 1 N–H and O–H groups in total. The average molecular weight is 206 g/mol. The van der Waals surface area contributed by atoms with Crippen molar-refractivity contribution in [2.45, 2.75) is 25.9 Å². The fraction of sp³-hybridized carbons (Fsp3) is 0.385. The van der Waals surface area contributed by atoms with Gasteiger partial charge in [0.05, 0.1) is 12.7 Å². The van der Waals surface area contributed by atoms with Crippen LogP contribution in [0.1, 0.15) is 31.4 Å². The number of benzene rings is 1. The first-order chi connectivity index (χ1) is 7.24. The molecule has 0 amide bonds. The fourth-order valence-corrected chi connectivity index (χ4v) is 1.26. The van der Waals surface area contributed by atoms with Gasteiger partial charge < -0.3 is 9.84 Å². The molecule has 82 valence electrons. The Labute approximate surface area is 91.2 Å². The summed E-state index contributed by atoms with van der Waals surface area (Å²) < 4.78 is 5.51. The maximum absolute atomic E-state index is 9.31. The van der Waals surface area contributed by atoms with Crippen LogP contribution >= 0.6 is 0 Å². The van der Waals surface area contributed by atoms with E-state index in [1.165, 1.54) is 0 Å². The molecule has 0 aliphatic heterocycles. The average Bonchev–Trinajstić information content (AvgIpc) is 2.25. The third kappa shape index (κ3) is 4.17. The highest BCUT2D eigenvalue weighted by Crippen LogP contribution is 2.17. The molecule has 1 aromatic rings. The Morgan fingerprint density at radius 2 is 2.07 bits per heavy atom. The van der Waals surface area contributed by atoms with Gasteiger partial charge in [-0.25, -0.2) is 0 Å². The SMILES string of the molecule is C=CCCCOc1ccc([C@H](C)O)cc1. The van der Waals surface area contributed by atoms with E-state index in [4.69, 9.17) is 4.74 Å². The summed E-state index contributed by atoms with van der Waals surface area (Å²) in [6, 6.07) is 7.53. The van der Waals surface area contributed by atoms with E-state index in [-0.39, 0.29) is 0 Å². The maximum atomic E-state index is 9.31. The van der Waals surface area contributed by atoms with E-state index in [0.717, 1.165) is 24.2 Å². The van der Waals surface area contributed by atoms with Gasteiger partial charge in [-0.15, -0.1) is 6.58 Å². The van der Waals surface area contributed by atoms with Crippen molar-refractivity contribution in [3.8, 4) is 5.75 Å². The van der Waals surface area contributed by atoms with Crippen molar-refractivity contribution in [3.05, 3.63) is 42.5 Å². The number of hydrogen-bond donors (Lipinski definition) is 1. The van der Waals surface area contributed by atoms with Crippen LogP contribution in [0.3, 0.4) is 0 Å². The number of rotatable bonds is 6. The molecule has 0 saturated carbocycles. The Morgan fingerprint density at radius 1 is 1.40 bits per heavy atom. The Bertz CT molecular complexity index is 288. The van der Waals surface area contributed by atoms with Gasteiger partial charge in [-0.1, -0.05) is 18.2 Å². The van der Waals surface area contributed by atoms with Crippen LogP contribution in [0.2, 0.25) is 0 Å². The van der Waals surface area contributed by atoms with Gasteiger partial charge >= 0.3 is 0 Å². The van der Waals surface area contributed by atoms with Crippen molar-refractivity contribution in [2.24, 2.45) is 0 Å². The van der Waals surface area contributed by atoms with Crippen LogP contribution in [-0.2, 0) is 0 Å². The molecule has 2 nitrogen and oxygen atoms in total. The minimum absolute atomic E-state index is 0.417. The third-order valence-electron chi connectivity index (χ3n) is 2.18. The lowest BCUT2D eigenvalue weighted by atomic mass is 10.1. The first-order valence-electron chi connectivity index (χ1n) is 5.25. The number of aliphatic hydroxyl groups is 1. The van der Waals surface area contributed by atoms with Crippen LogP contribution in [0.5, 0.6) is 5.75 Å². The first kappa shape index (κ1) is 11.8. The van der Waals surface area contributed by atoms with Crippen molar-refractivity contribution < 1.29 is 9.84 Å². The maximum Gasteiger partial charge on any atom is 0.119 e. The second-order valence-corrected chi connectivity index (χ2v) is 3.52. The highest BCUT2D eigenvalue weighted by Gasteiger charge is 2.00. The Hall–Kier alpha value is -1.28. The number of ether oxygens (including phenoxy) is 1. The largest absolute Gasteiger partial charge is 0.494 e. The van der Waals surface area contributed by atoms with Gasteiger partial charge in [0.15, 0.2) is 0 Å². The van der Waals surface area contributed by atoms with Gasteiger partial charge in [-0.3, -0.25) is 0 Å². The summed E-state index contributed by atoms with van der Waals surface area (Å²) in [4.78, 5) is 0. The smallest absolute Gasteiger partial charge is 0.119 e. The van der Waals surface area contributed by atoms with Gasteiger partial charge in [0, 0.05) is 0 Å². The number of allylic oxidation sites excluding steroid dienone is 1. The van der Waals surface area contributed by atoms with Crippen LogP contribution < -0.4 is 4.74 Å². The normalized spacial score (nSPS) is 12.1. The van der Waals surface area contributed by atoms with E-state index in [1.807, 2.05) is 30.3 Å². The third-order valence-corrected chi connectivity index (χ3v) is 2.18. The summed E-state index contributed by atoms with van der Waals surface area (Å²) >= 11 is 0. The summed E-state index contributed by atoms with van der Waals surface area (Å²) in [6.07, 6.45) is 3.44. The van der Waals surface area contributed by atoms with Gasteiger partial charge in [-0.2, -0.15) is 0 Å². The van der Waals surface area contributed by atoms with E-state index in [0.29, 0.717) is 6.61 Å². The van der Waals surface area contributed by atoms with Crippen LogP contribution in [0.25, 0.3) is 0 Å². The predicted molar refractivity (Wildman–Crippen MR) is 62.0 cm³/mol. The molecular formula is C13H18O2. The zero-order chi connectivity index (χ0) is 11.1. The van der Waals surface area contributed by atoms with Gasteiger partial charge in [0.25, 0.3) is 0 Å². The van der Waals surface area contributed by atoms with E-state index >= 15 is 0 Å². The van der Waals surface area contributed by atoms with Crippen molar-refractivity contribution in [2.75, 3.05) is 6.61 Å². The summed E-state index contributed by atoms with van der Waals surface area (Å²) in [5, 5.41) is 9.31. The van der Waals surface area contributed by atoms with Crippen LogP contribution in [0.15, 0.2) is 36.9 Å². The minimum atomic E-state index is -0.417. The lowest BCUT2D eigenvalue weighted by Gasteiger charge is -2.07. The monoisotopic (exact) mass is 206 g/mol. The molecule has 15 heavy (non-hydrogen) atoms. The molecule has 0 aromatic heterocycles. The summed E-state index contributed by atoms with van der Waals surface area (Å²) in [7, 11) is 0. The zero-order valence-electron chi connectivity index (χ0n) is 9.15. The summed E-state index contributed by atoms with van der Waals surface area (Å²) in [6.45, 7) is 6.11. The topological polar surface area (TPSA) is 29.5 Å². The number of aliphatic hydroxyl groups excluding tert-OH is 1. The molecule has 0 aliphatic rings. The van der Waals surface area contributed by atoms with Crippen molar-refractivity contribution in [3.63, 3.8) is 0 Å². The Kier molecular flexibility index (Phi) is 4.91. The van der Waals surface area contributed by atoms with E-state index < -0.39 is 6.10 Å². The van der Waals surface area contributed by atoms with E-state index in [9.17, 15) is 5.11 Å². The molecule has 1 atom stereocenters. The molecule has 0 heterocycles. The zero-order valence-corrected chi connectivity index (χ0v) is 9.15. The van der Waals surface area contributed by atoms with E-state index in [1.54, 1.807) is 6.92 Å². The highest BCUT2D eigenvalue weighted by molar-refractivity contribution is 5.28. The first-order valence-corrected chi connectivity index (χ1v) is 5.25. The van der Waals surface area contributed by atoms with E-state index in [2.05, 4.69) is 6.58 Å². The Balaban J connectivity index is 2.39. The number of unbranched alkanes of at least 4 members (excludes halogenated alkanes) is 1. The minimum Gasteiger partial charge on any atom is -0.494 e. The van der Waals surface area contributed by atoms with Crippen molar-refractivity contribution >= 4 is 0 Å². The molecule has 0 aliphatic carbocycles. The van der Waals surface area contributed by atoms with Gasteiger partial charge in [0.1, 0.15) is 5.75 Å². The lowest BCUT2D eigenvalue weighted by molar-refractivity contribution is 0.199. The second kappa shape index (κ2) is 6.25. The standard InChI is InChI=1S/C13H18O2/c1-3-4-5-10-15-13-8-6-12(7-9-13)11(2)14/h3,6-9,11,14H,1,4-5,10H2,2H3/t11-/m0/s1. The molecule has 1 rings (SSSR count). The summed E-state index contributed by atoms with van der Waals surface area (Å²) in [5.74, 6) is 0.850.